The fourth-order valence-electron chi connectivity index (χ4n) is 4.02. The lowest BCUT2D eigenvalue weighted by Crippen LogP contribution is -2.58. The van der Waals surface area contributed by atoms with Crippen LogP contribution >= 0.6 is 11.8 Å². The number of aliphatic hydroxyl groups excluding tert-OH is 4. The topological polar surface area (TPSA) is 90.2 Å². The average molecular weight is 460 g/mol. The number of benzene rings is 2. The lowest BCUT2D eigenvalue weighted by molar-refractivity contribution is -0.147. The first kappa shape index (κ1) is 22.5. The van der Waals surface area contributed by atoms with Crippen molar-refractivity contribution in [1.29, 1.82) is 0 Å². The Morgan fingerprint density at radius 1 is 1.06 bits per heavy atom. The summed E-state index contributed by atoms with van der Waals surface area (Å²) in [6, 6.07) is 7.10. The fraction of sp³-hybridized carbons (Fsp3) is 0.429. The van der Waals surface area contributed by atoms with Crippen LogP contribution in [0.4, 0.5) is 17.6 Å². The second-order valence-corrected chi connectivity index (χ2v) is 9.14. The van der Waals surface area contributed by atoms with E-state index in [1.807, 2.05) is 0 Å². The van der Waals surface area contributed by atoms with Gasteiger partial charge in [-0.25, -0.2) is 4.39 Å². The number of thioether (sulfide) groups is 1. The number of hydrogen-bond donors (Lipinski definition) is 4. The van der Waals surface area contributed by atoms with E-state index < -0.39 is 52.7 Å². The summed E-state index contributed by atoms with van der Waals surface area (Å²) >= 11 is 0.950. The Labute approximate surface area is 179 Å². The van der Waals surface area contributed by atoms with Crippen LogP contribution in [-0.4, -0.2) is 50.6 Å². The third kappa shape index (κ3) is 3.85. The minimum Gasteiger partial charge on any atom is -0.395 e. The van der Waals surface area contributed by atoms with Gasteiger partial charge in [-0.05, 0) is 41.0 Å². The van der Waals surface area contributed by atoms with Crippen LogP contribution in [0.1, 0.15) is 27.8 Å². The fourth-order valence-corrected chi connectivity index (χ4v) is 5.56. The molecule has 1 spiro atoms. The first-order chi connectivity index (χ1) is 14.6. The Balaban J connectivity index is 1.68. The van der Waals surface area contributed by atoms with Gasteiger partial charge in [-0.1, -0.05) is 12.1 Å². The molecule has 0 radical (unpaired) electrons. The van der Waals surface area contributed by atoms with Gasteiger partial charge < -0.3 is 25.2 Å². The minimum absolute atomic E-state index is 0.00268. The van der Waals surface area contributed by atoms with Crippen molar-refractivity contribution in [3.63, 3.8) is 0 Å². The number of rotatable bonds is 3. The summed E-state index contributed by atoms with van der Waals surface area (Å²) in [6.45, 7) is -0.520. The molecule has 0 aliphatic carbocycles. The van der Waals surface area contributed by atoms with Gasteiger partial charge in [0.05, 0.1) is 30.1 Å². The summed E-state index contributed by atoms with van der Waals surface area (Å²) in [6.07, 6.45) is -8.98. The first-order valence-corrected chi connectivity index (χ1v) is 10.4. The summed E-state index contributed by atoms with van der Waals surface area (Å²) in [4.78, 5) is -1.51. The standard InChI is InChI=1S/C21H20F4O5S/c22-15-7-12-9-30-20(19(29)18(28)17(27)16(8-26)31-20)14(12)6-11(15)5-10-1-3-13(4-2-10)21(23,24)25/h1-4,6-7,16-19,26-29H,5,8-9H2/t16-,17-,18+,19-,20+/m1/s1. The zero-order chi connectivity index (χ0) is 22.6. The highest BCUT2D eigenvalue weighted by Gasteiger charge is 2.57. The zero-order valence-electron chi connectivity index (χ0n) is 16.0. The van der Waals surface area contributed by atoms with E-state index >= 15 is 0 Å². The van der Waals surface area contributed by atoms with Gasteiger partial charge >= 0.3 is 6.18 Å². The maximum absolute atomic E-state index is 14.7. The molecule has 0 bridgehead atoms. The van der Waals surface area contributed by atoms with Crippen molar-refractivity contribution in [2.75, 3.05) is 6.61 Å². The van der Waals surface area contributed by atoms with Gasteiger partial charge in [-0.2, -0.15) is 13.2 Å². The molecule has 2 aromatic rings. The number of hydrogen-bond acceptors (Lipinski definition) is 6. The van der Waals surface area contributed by atoms with Gasteiger partial charge in [0.1, 0.15) is 18.0 Å². The van der Waals surface area contributed by atoms with Gasteiger partial charge in [0.2, 0.25) is 0 Å². The second kappa shape index (κ2) is 8.02. The number of halogens is 4. The molecule has 5 nitrogen and oxygen atoms in total. The molecule has 2 aromatic carbocycles. The van der Waals surface area contributed by atoms with Crippen LogP contribution in [0.15, 0.2) is 36.4 Å². The molecule has 10 heteroatoms. The molecule has 1 saturated heterocycles. The van der Waals surface area contributed by atoms with Crippen molar-refractivity contribution in [1.82, 2.24) is 0 Å². The molecule has 5 atom stereocenters. The van der Waals surface area contributed by atoms with E-state index in [0.29, 0.717) is 16.7 Å². The van der Waals surface area contributed by atoms with Crippen LogP contribution < -0.4 is 0 Å². The Bertz CT molecular complexity index is 965. The summed E-state index contributed by atoms with van der Waals surface area (Å²) in [7, 11) is 0. The Morgan fingerprint density at radius 3 is 2.35 bits per heavy atom. The Morgan fingerprint density at radius 2 is 1.74 bits per heavy atom. The Kier molecular flexibility index (Phi) is 5.82. The number of fused-ring (bicyclic) bond motifs is 2. The summed E-state index contributed by atoms with van der Waals surface area (Å²) in [5.41, 5.74) is 0.679. The van der Waals surface area contributed by atoms with Gasteiger partial charge in [-0.3, -0.25) is 0 Å². The van der Waals surface area contributed by atoms with Crippen LogP contribution in [0.2, 0.25) is 0 Å². The van der Waals surface area contributed by atoms with E-state index in [2.05, 4.69) is 0 Å². The number of aliphatic hydroxyl groups is 4. The molecule has 2 aliphatic rings. The molecule has 168 valence electrons. The highest BCUT2D eigenvalue weighted by atomic mass is 32.2. The molecule has 4 N–H and O–H groups in total. The third-order valence-electron chi connectivity index (χ3n) is 5.72. The lowest BCUT2D eigenvalue weighted by Gasteiger charge is -2.45. The maximum atomic E-state index is 14.7. The summed E-state index contributed by atoms with van der Waals surface area (Å²) in [5.74, 6) is -0.575. The highest BCUT2D eigenvalue weighted by molar-refractivity contribution is 8.00. The molecular formula is C21H20F4O5S. The monoisotopic (exact) mass is 460 g/mol. The molecular weight excluding hydrogens is 440 g/mol. The van der Waals surface area contributed by atoms with Gasteiger partial charge in [0.25, 0.3) is 0 Å². The molecule has 0 saturated carbocycles. The highest BCUT2D eigenvalue weighted by Crippen LogP contribution is 2.54. The van der Waals surface area contributed by atoms with E-state index in [0.717, 1.165) is 23.9 Å². The quantitative estimate of drug-likeness (QED) is 0.526. The van der Waals surface area contributed by atoms with Gasteiger partial charge in [-0.15, -0.1) is 11.8 Å². The molecule has 0 aromatic heterocycles. The Hall–Kier alpha value is -1.69. The lowest BCUT2D eigenvalue weighted by atomic mass is 9.91. The predicted octanol–water partition coefficient (Wildman–Crippen LogP) is 2.31. The third-order valence-corrected chi connectivity index (χ3v) is 7.38. The summed E-state index contributed by atoms with van der Waals surface area (Å²) in [5, 5.41) is 39.8. The maximum Gasteiger partial charge on any atom is 0.416 e. The van der Waals surface area contributed by atoms with Crippen LogP contribution in [0, 0.1) is 5.82 Å². The van der Waals surface area contributed by atoms with Crippen molar-refractivity contribution in [2.24, 2.45) is 0 Å². The largest absolute Gasteiger partial charge is 0.416 e. The molecule has 2 heterocycles. The smallest absolute Gasteiger partial charge is 0.395 e. The predicted molar refractivity (Wildman–Crippen MR) is 104 cm³/mol. The van der Waals surface area contributed by atoms with Crippen molar-refractivity contribution in [2.45, 2.75) is 47.7 Å². The number of alkyl halides is 3. The molecule has 2 aliphatic heterocycles. The van der Waals surface area contributed by atoms with E-state index in [-0.39, 0.29) is 18.6 Å². The average Bonchev–Trinajstić information content (AvgIpc) is 3.07. The molecule has 0 unspecified atom stereocenters. The van der Waals surface area contributed by atoms with Crippen molar-refractivity contribution in [3.8, 4) is 0 Å². The second-order valence-electron chi connectivity index (χ2n) is 7.69. The van der Waals surface area contributed by atoms with Crippen LogP contribution in [0.25, 0.3) is 0 Å². The van der Waals surface area contributed by atoms with Crippen LogP contribution in [0.3, 0.4) is 0 Å². The van der Waals surface area contributed by atoms with Gasteiger partial charge in [0.15, 0.2) is 4.93 Å². The molecule has 1 fully saturated rings. The zero-order valence-corrected chi connectivity index (χ0v) is 16.8. The van der Waals surface area contributed by atoms with Crippen LogP contribution in [-0.2, 0) is 28.9 Å². The normalized spacial score (nSPS) is 30.6. The minimum atomic E-state index is -4.47. The van der Waals surface area contributed by atoms with Crippen molar-refractivity contribution in [3.05, 3.63) is 70.0 Å². The first-order valence-electron chi connectivity index (χ1n) is 9.51. The molecule has 4 rings (SSSR count). The summed E-state index contributed by atoms with van der Waals surface area (Å²) < 4.78 is 58.8. The van der Waals surface area contributed by atoms with Crippen molar-refractivity contribution >= 4 is 11.8 Å². The van der Waals surface area contributed by atoms with Gasteiger partial charge in [0, 0.05) is 12.0 Å². The van der Waals surface area contributed by atoms with E-state index in [1.54, 1.807) is 0 Å². The number of ether oxygens (including phenoxy) is 1. The van der Waals surface area contributed by atoms with Crippen molar-refractivity contribution < 1.29 is 42.7 Å². The van der Waals surface area contributed by atoms with E-state index in [4.69, 9.17) is 4.74 Å². The molecule has 0 amide bonds. The SMILES string of the molecule is OC[C@H]1S[C@]2(OCc3cc(F)c(Cc4ccc(C(F)(F)F)cc4)cc32)[C@H](O)[C@@H](O)[C@@H]1O. The van der Waals surface area contributed by atoms with E-state index in [9.17, 15) is 38.0 Å². The van der Waals surface area contributed by atoms with Crippen LogP contribution in [0.5, 0.6) is 0 Å². The molecule has 31 heavy (non-hydrogen) atoms. The van der Waals surface area contributed by atoms with E-state index in [1.165, 1.54) is 24.3 Å².